The molecule has 2 N–H and O–H groups in total. The van der Waals surface area contributed by atoms with Gasteiger partial charge >= 0.3 is 6.01 Å². The molecule has 33 heavy (non-hydrogen) atoms. The Balaban J connectivity index is 0.00000187. The Morgan fingerprint density at radius 3 is 2.73 bits per heavy atom. The molecule has 0 bridgehead atoms. The smallest absolute Gasteiger partial charge is 0.319 e. The quantitative estimate of drug-likeness (QED) is 0.576. The van der Waals surface area contributed by atoms with Gasteiger partial charge in [0.1, 0.15) is 17.5 Å². The van der Waals surface area contributed by atoms with E-state index in [4.69, 9.17) is 22.1 Å². The highest BCUT2D eigenvalue weighted by atomic mass is 35.5. The lowest BCUT2D eigenvalue weighted by molar-refractivity contribution is 0.0658. The van der Waals surface area contributed by atoms with E-state index < -0.39 is 0 Å². The van der Waals surface area contributed by atoms with E-state index in [9.17, 15) is 5.26 Å². The fourth-order valence-corrected chi connectivity index (χ4v) is 4.47. The molecule has 0 aliphatic carbocycles. The summed E-state index contributed by atoms with van der Waals surface area (Å²) in [5, 5.41) is 9.80. The maximum absolute atomic E-state index is 9.72. The maximum atomic E-state index is 9.72. The fourth-order valence-electron chi connectivity index (χ4n) is 4.27. The average Bonchev–Trinajstić information content (AvgIpc) is 2.79. The lowest BCUT2D eigenvalue weighted by Gasteiger charge is -2.38. The highest BCUT2D eigenvalue weighted by molar-refractivity contribution is 6.30. The van der Waals surface area contributed by atoms with Crippen LogP contribution in [0.25, 0.3) is 0 Å². The minimum absolute atomic E-state index is 0.0127. The van der Waals surface area contributed by atoms with Crippen molar-refractivity contribution in [3.8, 4) is 12.1 Å². The van der Waals surface area contributed by atoms with Crippen LogP contribution in [0.2, 0.25) is 5.15 Å². The SMILES string of the molecule is CC.CCN(c1nc(OCC2(C)CCCN(C)C2)nc(Cl)c1C#N)C(C)c1cccnc1N. The van der Waals surface area contributed by atoms with Crippen LogP contribution in [-0.4, -0.2) is 53.1 Å². The molecule has 1 aliphatic rings. The topological polar surface area (TPSA) is 104 Å². The number of nitrogens with zero attached hydrogens (tertiary/aromatic N) is 6. The minimum Gasteiger partial charge on any atom is -0.463 e. The first kappa shape index (κ1) is 26.6. The molecule has 180 valence electrons. The number of rotatable bonds is 7. The van der Waals surface area contributed by atoms with Crippen molar-refractivity contribution in [2.75, 3.05) is 43.9 Å². The van der Waals surface area contributed by atoms with Gasteiger partial charge in [-0.2, -0.15) is 15.2 Å². The third-order valence-corrected chi connectivity index (χ3v) is 6.13. The van der Waals surface area contributed by atoms with Gasteiger partial charge in [0.25, 0.3) is 0 Å². The van der Waals surface area contributed by atoms with Crippen LogP contribution in [0.4, 0.5) is 11.6 Å². The Morgan fingerprint density at radius 2 is 2.12 bits per heavy atom. The molecule has 0 aromatic carbocycles. The van der Waals surface area contributed by atoms with Gasteiger partial charge in [-0.3, -0.25) is 0 Å². The van der Waals surface area contributed by atoms with E-state index in [0.717, 1.165) is 31.5 Å². The predicted molar refractivity (Wildman–Crippen MR) is 134 cm³/mol. The molecule has 1 fully saturated rings. The first-order chi connectivity index (χ1) is 15.8. The van der Waals surface area contributed by atoms with Crippen molar-refractivity contribution in [3.05, 3.63) is 34.6 Å². The van der Waals surface area contributed by atoms with Crippen LogP contribution in [0.3, 0.4) is 0 Å². The van der Waals surface area contributed by atoms with Crippen LogP contribution >= 0.6 is 11.6 Å². The number of likely N-dealkylation sites (tertiary alicyclic amines) is 1. The molecule has 8 nitrogen and oxygen atoms in total. The summed E-state index contributed by atoms with van der Waals surface area (Å²) in [5.74, 6) is 0.875. The zero-order valence-corrected chi connectivity index (χ0v) is 21.4. The summed E-state index contributed by atoms with van der Waals surface area (Å²) in [4.78, 5) is 17.3. The van der Waals surface area contributed by atoms with E-state index in [1.165, 1.54) is 0 Å². The minimum atomic E-state index is -0.172. The Labute approximate surface area is 202 Å². The van der Waals surface area contributed by atoms with Crippen LogP contribution in [0.5, 0.6) is 6.01 Å². The Morgan fingerprint density at radius 1 is 1.39 bits per heavy atom. The lowest BCUT2D eigenvalue weighted by atomic mass is 9.83. The van der Waals surface area contributed by atoms with E-state index in [1.54, 1.807) is 6.20 Å². The summed E-state index contributed by atoms with van der Waals surface area (Å²) in [6.07, 6.45) is 3.86. The van der Waals surface area contributed by atoms with Gasteiger partial charge in [-0.05, 0) is 46.3 Å². The molecule has 1 aliphatic heterocycles. The molecule has 9 heteroatoms. The van der Waals surface area contributed by atoms with Gasteiger partial charge in [-0.1, -0.05) is 38.4 Å². The molecule has 3 heterocycles. The average molecular weight is 474 g/mol. The maximum Gasteiger partial charge on any atom is 0.319 e. The van der Waals surface area contributed by atoms with Crippen LogP contribution in [0, 0.1) is 16.7 Å². The molecule has 2 unspecified atom stereocenters. The first-order valence-corrected chi connectivity index (χ1v) is 11.9. The van der Waals surface area contributed by atoms with Crippen molar-refractivity contribution < 1.29 is 4.74 Å². The number of halogens is 1. The number of ether oxygens (including phenoxy) is 1. The van der Waals surface area contributed by atoms with E-state index in [-0.39, 0.29) is 28.2 Å². The zero-order valence-electron chi connectivity index (χ0n) is 20.6. The highest BCUT2D eigenvalue weighted by Gasteiger charge is 2.31. The van der Waals surface area contributed by atoms with Gasteiger partial charge in [0.05, 0.1) is 12.6 Å². The number of aromatic nitrogens is 3. The summed E-state index contributed by atoms with van der Waals surface area (Å²) in [6.45, 7) is 13.3. The van der Waals surface area contributed by atoms with Crippen LogP contribution < -0.4 is 15.4 Å². The van der Waals surface area contributed by atoms with Gasteiger partial charge in [0, 0.05) is 30.3 Å². The Bertz CT molecular complexity index is 964. The van der Waals surface area contributed by atoms with E-state index in [2.05, 4.69) is 39.9 Å². The normalized spacial score (nSPS) is 19.1. The fraction of sp³-hybridized carbons (Fsp3) is 0.583. The second-order valence-corrected chi connectivity index (χ2v) is 8.85. The van der Waals surface area contributed by atoms with Crippen LogP contribution in [0.1, 0.15) is 64.6 Å². The molecular weight excluding hydrogens is 438 g/mol. The standard InChI is InChI=1S/C22H30ClN7O.C2H6/c1-5-30(15(2)16-8-6-10-26-19(16)25)20-17(12-24)18(23)27-21(28-20)31-14-22(3)9-7-11-29(4)13-22;1-2/h6,8,10,15H,5,7,9,11,13-14H2,1-4H3,(H2,25,26);1-2H3. The van der Waals surface area contributed by atoms with Crippen LogP contribution in [0.15, 0.2) is 18.3 Å². The third kappa shape index (κ3) is 6.46. The second-order valence-electron chi connectivity index (χ2n) is 8.49. The number of nitriles is 1. The molecular formula is C24H36ClN7O. The van der Waals surface area contributed by atoms with E-state index in [1.807, 2.05) is 44.7 Å². The first-order valence-electron chi connectivity index (χ1n) is 11.5. The van der Waals surface area contributed by atoms with Crippen molar-refractivity contribution in [1.82, 2.24) is 19.9 Å². The summed E-state index contributed by atoms with van der Waals surface area (Å²) in [7, 11) is 2.12. The Hall–Kier alpha value is -2.63. The molecule has 1 saturated heterocycles. The molecule has 2 aromatic heterocycles. The largest absolute Gasteiger partial charge is 0.463 e. The number of hydrogen-bond donors (Lipinski definition) is 1. The van der Waals surface area contributed by atoms with Gasteiger partial charge in [-0.15, -0.1) is 0 Å². The van der Waals surface area contributed by atoms with E-state index in [0.29, 0.717) is 24.8 Å². The van der Waals surface area contributed by atoms with Crippen molar-refractivity contribution in [1.29, 1.82) is 5.26 Å². The number of nitrogen functional groups attached to an aromatic ring is 1. The molecule has 2 atom stereocenters. The number of hydrogen-bond acceptors (Lipinski definition) is 8. The summed E-state index contributed by atoms with van der Waals surface area (Å²) >= 11 is 6.37. The van der Waals surface area contributed by atoms with Crippen molar-refractivity contribution in [2.24, 2.45) is 5.41 Å². The van der Waals surface area contributed by atoms with Gasteiger partial charge in [-0.25, -0.2) is 4.98 Å². The third-order valence-electron chi connectivity index (χ3n) is 5.86. The lowest BCUT2D eigenvalue weighted by Crippen LogP contribution is -2.42. The molecule has 2 aromatic rings. The molecule has 0 amide bonds. The number of anilines is 2. The van der Waals surface area contributed by atoms with Gasteiger partial charge in [0.15, 0.2) is 11.0 Å². The van der Waals surface area contributed by atoms with Gasteiger partial charge in [0.2, 0.25) is 0 Å². The highest BCUT2D eigenvalue weighted by Crippen LogP contribution is 2.34. The van der Waals surface area contributed by atoms with Crippen LogP contribution in [-0.2, 0) is 0 Å². The number of pyridine rings is 1. The number of nitrogens with two attached hydrogens (primary N) is 1. The summed E-state index contributed by atoms with van der Waals surface area (Å²) in [5.41, 5.74) is 7.17. The monoisotopic (exact) mass is 473 g/mol. The zero-order chi connectivity index (χ0) is 24.6. The second kappa shape index (κ2) is 12.0. The van der Waals surface area contributed by atoms with Crippen molar-refractivity contribution >= 4 is 23.2 Å². The predicted octanol–water partition coefficient (Wildman–Crippen LogP) is 4.70. The van der Waals surface area contributed by atoms with Crippen molar-refractivity contribution in [3.63, 3.8) is 0 Å². The number of piperidine rings is 1. The van der Waals surface area contributed by atoms with Gasteiger partial charge < -0.3 is 20.3 Å². The molecule has 0 saturated carbocycles. The Kier molecular flexibility index (Phi) is 9.69. The molecule has 0 radical (unpaired) electrons. The van der Waals surface area contributed by atoms with Crippen molar-refractivity contribution in [2.45, 2.75) is 53.5 Å². The summed E-state index contributed by atoms with van der Waals surface area (Å²) in [6, 6.07) is 5.90. The molecule has 3 rings (SSSR count). The molecule has 0 spiro atoms. The van der Waals surface area contributed by atoms with E-state index >= 15 is 0 Å². The summed E-state index contributed by atoms with van der Waals surface area (Å²) < 4.78 is 6.02.